The summed E-state index contributed by atoms with van der Waals surface area (Å²) in [7, 11) is 0. The van der Waals surface area contributed by atoms with Crippen molar-refractivity contribution in [3.05, 3.63) is 0 Å². The summed E-state index contributed by atoms with van der Waals surface area (Å²) in [4.78, 5) is 39.7. The molecule has 0 unspecified atom stereocenters. The second-order valence-corrected chi connectivity index (χ2v) is 3.64. The summed E-state index contributed by atoms with van der Waals surface area (Å²) >= 11 is 1.01. The van der Waals surface area contributed by atoms with Gasteiger partial charge in [-0.05, 0) is 0 Å². The van der Waals surface area contributed by atoms with Crippen LogP contribution in [0.15, 0.2) is 0 Å². The molecule has 10 heteroatoms. The van der Waals surface area contributed by atoms with Crippen molar-refractivity contribution in [2.24, 2.45) is 0 Å². The monoisotopic (exact) mass is 267 g/mol. The summed E-state index contributed by atoms with van der Waals surface area (Å²) in [5, 5.41) is 34.4. The number of carboxylic acid groups (broad SMARTS) is 2. The number of hydrogen-bond acceptors (Lipinski definition) is 7. The molecule has 2 amide bonds. The molecule has 0 aliphatic carbocycles. The van der Waals surface area contributed by atoms with Crippen molar-refractivity contribution in [3.8, 4) is 0 Å². The summed E-state index contributed by atoms with van der Waals surface area (Å²) in [6, 6.07) is 0. The highest BCUT2D eigenvalue weighted by Crippen LogP contribution is 2.06. The maximum absolute atomic E-state index is 10.1. The Morgan fingerprint density at radius 3 is 1.65 bits per heavy atom. The lowest BCUT2D eigenvalue weighted by Gasteiger charge is -2.07. The highest BCUT2D eigenvalue weighted by Gasteiger charge is 2.29. The molecule has 0 aromatic heterocycles. The molecule has 1 rings (SSSR count). The molecule has 0 saturated carbocycles. The number of carboxylic acids is 2. The van der Waals surface area contributed by atoms with E-state index in [4.69, 9.17) is 20.4 Å². The molecule has 0 spiro atoms. The normalized spacial score (nSPS) is 17.5. The molecule has 1 aliphatic rings. The van der Waals surface area contributed by atoms with Crippen LogP contribution in [0.5, 0.6) is 0 Å². The average molecular weight is 267 g/mol. The van der Waals surface area contributed by atoms with Gasteiger partial charge in [0.1, 0.15) is 0 Å². The van der Waals surface area contributed by atoms with Crippen molar-refractivity contribution >= 4 is 34.8 Å². The molecular weight excluding hydrogens is 258 g/mol. The minimum absolute atomic E-state index is 0.185. The van der Waals surface area contributed by atoms with Gasteiger partial charge in [0, 0.05) is 0 Å². The molecule has 1 heterocycles. The molecule has 1 saturated heterocycles. The number of nitrogens with one attached hydrogen (secondary N) is 1. The fourth-order valence-electron chi connectivity index (χ4n) is 0.587. The van der Waals surface area contributed by atoms with E-state index in [1.807, 2.05) is 0 Å². The van der Waals surface area contributed by atoms with Gasteiger partial charge in [-0.15, -0.1) is 0 Å². The van der Waals surface area contributed by atoms with E-state index >= 15 is 0 Å². The van der Waals surface area contributed by atoms with Crippen LogP contribution in [0.1, 0.15) is 0 Å². The lowest BCUT2D eigenvalue weighted by molar-refractivity contribution is -0.165. The number of aliphatic carboxylic acids is 2. The quantitative estimate of drug-likeness (QED) is 0.383. The number of carbonyl (C=O) groups is 4. The van der Waals surface area contributed by atoms with Crippen LogP contribution in [0.25, 0.3) is 0 Å². The fraction of sp³-hybridized carbons (Fsp3) is 0.429. The molecule has 2 atom stereocenters. The van der Waals surface area contributed by atoms with Gasteiger partial charge in [-0.25, -0.2) is 9.59 Å². The number of imide groups is 1. The summed E-state index contributed by atoms with van der Waals surface area (Å²) in [6.07, 6.45) is -4.53. The second-order valence-electron chi connectivity index (χ2n) is 2.69. The Bertz CT molecular complexity index is 311. The Morgan fingerprint density at radius 1 is 1.12 bits per heavy atom. The second kappa shape index (κ2) is 6.83. The van der Waals surface area contributed by atoms with Crippen LogP contribution in [0.2, 0.25) is 0 Å². The number of thioether (sulfide) groups is 1. The number of aliphatic hydroxyl groups excluding tert-OH is 2. The number of rotatable bonds is 3. The van der Waals surface area contributed by atoms with Crippen LogP contribution < -0.4 is 5.32 Å². The smallest absolute Gasteiger partial charge is 0.335 e. The number of hydrogen-bond donors (Lipinski definition) is 5. The number of amides is 2. The van der Waals surface area contributed by atoms with Crippen molar-refractivity contribution in [2.45, 2.75) is 12.2 Å². The molecular formula is C7H9NO8S. The van der Waals surface area contributed by atoms with E-state index in [0.717, 1.165) is 11.8 Å². The Balaban J connectivity index is 0.000000318. The zero-order chi connectivity index (χ0) is 13.6. The van der Waals surface area contributed by atoms with Gasteiger partial charge in [0.05, 0.1) is 5.75 Å². The van der Waals surface area contributed by atoms with Crippen LogP contribution in [0, 0.1) is 0 Å². The van der Waals surface area contributed by atoms with E-state index in [2.05, 4.69) is 5.32 Å². The van der Waals surface area contributed by atoms with Crippen molar-refractivity contribution in [2.75, 3.05) is 5.75 Å². The minimum Gasteiger partial charge on any atom is -0.479 e. The standard InChI is InChI=1S/C4H6O6.C3H3NO2S/c5-1(3(7)8)2(6)4(9)10;5-2-1-7-3(6)4-2/h1-2,5-6H,(H,7,8)(H,9,10);1H2,(H,4,5,6)/t1-,2+;. The SMILES string of the molecule is O=C(O)[C@@H](O)[C@@H](O)C(=O)O.O=C1CSC(=O)N1. The average Bonchev–Trinajstić information content (AvgIpc) is 2.60. The molecule has 5 N–H and O–H groups in total. The summed E-state index contributed by atoms with van der Waals surface area (Å²) in [5.41, 5.74) is 0. The van der Waals surface area contributed by atoms with E-state index in [-0.39, 0.29) is 11.1 Å². The van der Waals surface area contributed by atoms with Crippen molar-refractivity contribution in [1.82, 2.24) is 5.32 Å². The van der Waals surface area contributed by atoms with Gasteiger partial charge in [0.25, 0.3) is 5.24 Å². The predicted octanol–water partition coefficient (Wildman–Crippen LogP) is -2.15. The third-order valence-corrected chi connectivity index (χ3v) is 2.15. The van der Waals surface area contributed by atoms with Gasteiger partial charge in [-0.2, -0.15) is 0 Å². The molecule has 9 nitrogen and oxygen atoms in total. The first-order valence-corrected chi connectivity index (χ1v) is 5.02. The van der Waals surface area contributed by atoms with Gasteiger partial charge >= 0.3 is 11.9 Å². The van der Waals surface area contributed by atoms with E-state index in [0.29, 0.717) is 5.75 Å². The predicted molar refractivity (Wildman–Crippen MR) is 53.3 cm³/mol. The topological polar surface area (TPSA) is 161 Å². The summed E-state index contributed by atoms with van der Waals surface area (Å²) in [5.74, 6) is -3.43. The van der Waals surface area contributed by atoms with Crippen LogP contribution in [-0.2, 0) is 14.4 Å². The zero-order valence-corrected chi connectivity index (χ0v) is 9.01. The van der Waals surface area contributed by atoms with Crippen LogP contribution >= 0.6 is 11.8 Å². The van der Waals surface area contributed by atoms with Crippen LogP contribution in [-0.4, -0.2) is 61.5 Å². The minimum atomic E-state index is -2.27. The van der Waals surface area contributed by atoms with Gasteiger partial charge in [-0.3, -0.25) is 14.9 Å². The van der Waals surface area contributed by atoms with Gasteiger partial charge in [0.15, 0.2) is 12.2 Å². The Kier molecular flexibility index (Phi) is 6.17. The Hall–Kier alpha value is -1.65. The van der Waals surface area contributed by atoms with Crippen LogP contribution in [0.3, 0.4) is 0 Å². The molecule has 0 radical (unpaired) electrons. The lowest BCUT2D eigenvalue weighted by Crippen LogP contribution is -2.39. The highest BCUT2D eigenvalue weighted by molar-refractivity contribution is 8.14. The Morgan fingerprint density at radius 2 is 1.53 bits per heavy atom. The highest BCUT2D eigenvalue weighted by atomic mass is 32.2. The van der Waals surface area contributed by atoms with E-state index < -0.39 is 24.1 Å². The molecule has 96 valence electrons. The zero-order valence-electron chi connectivity index (χ0n) is 8.19. The summed E-state index contributed by atoms with van der Waals surface area (Å²) in [6.45, 7) is 0. The molecule has 1 fully saturated rings. The number of aliphatic hydroxyl groups is 2. The molecule has 0 aromatic carbocycles. The Labute approximate surface area is 98.4 Å². The molecule has 0 aromatic rings. The van der Waals surface area contributed by atoms with Crippen molar-refractivity contribution in [1.29, 1.82) is 0 Å². The first-order valence-electron chi connectivity index (χ1n) is 4.04. The largest absolute Gasteiger partial charge is 0.479 e. The van der Waals surface area contributed by atoms with E-state index in [1.165, 1.54) is 0 Å². The van der Waals surface area contributed by atoms with E-state index in [1.54, 1.807) is 0 Å². The van der Waals surface area contributed by atoms with Crippen molar-refractivity contribution in [3.63, 3.8) is 0 Å². The third-order valence-electron chi connectivity index (χ3n) is 1.38. The third kappa shape index (κ3) is 5.85. The van der Waals surface area contributed by atoms with E-state index in [9.17, 15) is 19.2 Å². The van der Waals surface area contributed by atoms with Gasteiger partial charge in [0.2, 0.25) is 5.91 Å². The maximum atomic E-state index is 10.1. The van der Waals surface area contributed by atoms with Crippen LogP contribution in [0.4, 0.5) is 4.79 Å². The fourth-order valence-corrected chi connectivity index (χ4v) is 1.11. The lowest BCUT2D eigenvalue weighted by atomic mass is 10.2. The van der Waals surface area contributed by atoms with Gasteiger partial charge in [-0.1, -0.05) is 11.8 Å². The van der Waals surface area contributed by atoms with Crippen molar-refractivity contribution < 1.29 is 39.6 Å². The number of carbonyl (C=O) groups excluding carboxylic acids is 2. The van der Waals surface area contributed by atoms with Gasteiger partial charge < -0.3 is 20.4 Å². The molecule has 0 bridgehead atoms. The first kappa shape index (κ1) is 15.3. The molecule has 1 aliphatic heterocycles. The summed E-state index contributed by atoms with van der Waals surface area (Å²) < 4.78 is 0. The maximum Gasteiger partial charge on any atom is 0.335 e. The first-order chi connectivity index (χ1) is 7.75. The molecule has 17 heavy (non-hydrogen) atoms.